The fourth-order valence-corrected chi connectivity index (χ4v) is 13.9. The van der Waals surface area contributed by atoms with E-state index in [4.69, 9.17) is 14.2 Å². The molecule has 4 aliphatic rings. The molecule has 12 heteroatoms. The van der Waals surface area contributed by atoms with Gasteiger partial charge in [-0.1, -0.05) is 91.9 Å². The van der Waals surface area contributed by atoms with Crippen molar-refractivity contribution in [3.8, 4) is 5.75 Å². The van der Waals surface area contributed by atoms with E-state index >= 15 is 4.79 Å². The number of hydrogen-bond acceptors (Lipinski definition) is 8. The largest absolute Gasteiger partial charge is 0.497 e. The van der Waals surface area contributed by atoms with Crippen LogP contribution in [0.5, 0.6) is 5.75 Å². The zero-order valence-electron chi connectivity index (χ0n) is 33.0. The molecular weight excluding hydrogens is 739 g/mol. The molecule has 4 aromatic carbocycles. The highest BCUT2D eigenvalue weighted by Gasteiger charge is 2.66. The second-order valence-electron chi connectivity index (χ2n) is 16.3. The minimum Gasteiger partial charge on any atom is -0.497 e. The van der Waals surface area contributed by atoms with Gasteiger partial charge in [0.15, 0.2) is 11.8 Å². The lowest BCUT2D eigenvalue weighted by molar-refractivity contribution is -0.154. The first-order valence-electron chi connectivity index (χ1n) is 19.7. The van der Waals surface area contributed by atoms with Crippen LogP contribution in [0.4, 0.5) is 11.4 Å². The molecule has 0 radical (unpaired) electrons. The number of esters is 1. The van der Waals surface area contributed by atoms with Gasteiger partial charge >= 0.3 is 5.97 Å². The summed E-state index contributed by atoms with van der Waals surface area (Å²) in [7, 11) is -0.893. The van der Waals surface area contributed by atoms with Crippen molar-refractivity contribution in [1.82, 2.24) is 4.90 Å². The van der Waals surface area contributed by atoms with Gasteiger partial charge in [-0.3, -0.25) is 24.1 Å². The topological polar surface area (TPSA) is 126 Å². The zero-order valence-corrected chi connectivity index (χ0v) is 34.0. The predicted octanol–water partition coefficient (Wildman–Crippen LogP) is 5.42. The summed E-state index contributed by atoms with van der Waals surface area (Å²) in [5.41, 5.74) is 3.56. The van der Waals surface area contributed by atoms with Crippen molar-refractivity contribution in [1.29, 1.82) is 0 Å². The predicted molar refractivity (Wildman–Crippen MR) is 217 cm³/mol. The van der Waals surface area contributed by atoms with Crippen LogP contribution in [0.15, 0.2) is 97.1 Å². The number of fused-ring (bicyclic) bond motifs is 3. The third-order valence-electron chi connectivity index (χ3n) is 12.7. The van der Waals surface area contributed by atoms with Gasteiger partial charge in [0.05, 0.1) is 59.0 Å². The molecular formula is C45H49N3O8Si. The van der Waals surface area contributed by atoms with Gasteiger partial charge in [0.2, 0.25) is 11.8 Å². The Morgan fingerprint density at radius 3 is 2.35 bits per heavy atom. The van der Waals surface area contributed by atoms with Crippen LogP contribution >= 0.6 is 0 Å². The van der Waals surface area contributed by atoms with Gasteiger partial charge in [-0.2, -0.15) is 0 Å². The average Bonchev–Trinajstić information content (AvgIpc) is 3.62. The summed E-state index contributed by atoms with van der Waals surface area (Å²) in [4.78, 5) is 59.3. The number of ether oxygens (including phenoxy) is 3. The summed E-state index contributed by atoms with van der Waals surface area (Å²) in [6, 6.07) is 30.9. The second-order valence-corrected chi connectivity index (χ2v) is 21.0. The molecule has 1 spiro atoms. The van der Waals surface area contributed by atoms with E-state index in [-0.39, 0.29) is 61.2 Å². The van der Waals surface area contributed by atoms with Crippen LogP contribution in [-0.2, 0) is 53.8 Å². The lowest BCUT2D eigenvalue weighted by Gasteiger charge is -2.39. The molecule has 1 unspecified atom stereocenters. The lowest BCUT2D eigenvalue weighted by Crippen LogP contribution is -2.54. The number of β-lactam (4-membered cyclic amide) rings is 1. The van der Waals surface area contributed by atoms with Gasteiger partial charge in [-0.15, -0.1) is 0 Å². The molecule has 0 aromatic heterocycles. The maximum atomic E-state index is 15.3. The number of anilines is 2. The Morgan fingerprint density at radius 1 is 0.930 bits per heavy atom. The maximum absolute atomic E-state index is 15.3. The van der Waals surface area contributed by atoms with Crippen LogP contribution in [0, 0.1) is 5.92 Å². The van der Waals surface area contributed by atoms with Gasteiger partial charge in [-0.25, -0.2) is 0 Å². The quantitative estimate of drug-likeness (QED) is 0.128. The number of carbonyl (C=O) groups is 4. The Morgan fingerprint density at radius 2 is 1.65 bits per heavy atom. The van der Waals surface area contributed by atoms with Crippen molar-refractivity contribution in [2.75, 3.05) is 23.5 Å². The number of carbonyl (C=O) groups excluding carboxylic acids is 4. The molecule has 0 saturated carbocycles. The Balaban J connectivity index is 1.15. The summed E-state index contributed by atoms with van der Waals surface area (Å²) in [6.07, 6.45) is -0.515. The number of methoxy groups -OCH3 is 1. The summed E-state index contributed by atoms with van der Waals surface area (Å²) in [6.45, 7) is 8.46. The number of amides is 3. The van der Waals surface area contributed by atoms with Crippen LogP contribution in [0.3, 0.4) is 0 Å². The highest BCUT2D eigenvalue weighted by atomic mass is 28.3. The smallest absolute Gasteiger partial charge is 0.304 e. The molecule has 6 atom stereocenters. The Kier molecular flexibility index (Phi) is 10.1. The van der Waals surface area contributed by atoms with Gasteiger partial charge in [0.1, 0.15) is 5.75 Å². The van der Waals surface area contributed by atoms with Crippen LogP contribution in [0.2, 0.25) is 18.6 Å². The van der Waals surface area contributed by atoms with Gasteiger partial charge in [0, 0.05) is 30.6 Å². The molecule has 4 heterocycles. The molecule has 296 valence electrons. The van der Waals surface area contributed by atoms with Gasteiger partial charge < -0.3 is 29.1 Å². The maximum Gasteiger partial charge on any atom is 0.304 e. The summed E-state index contributed by atoms with van der Waals surface area (Å²) >= 11 is 0. The van der Waals surface area contributed by atoms with Gasteiger partial charge in [-0.05, 0) is 59.0 Å². The van der Waals surface area contributed by atoms with E-state index in [0.29, 0.717) is 18.7 Å². The van der Waals surface area contributed by atoms with Crippen LogP contribution in [-0.4, -0.2) is 73.9 Å². The minimum absolute atomic E-state index is 0.0624. The van der Waals surface area contributed by atoms with Gasteiger partial charge in [0.25, 0.3) is 5.91 Å². The first-order chi connectivity index (χ1) is 27.4. The molecule has 8 rings (SSSR count). The summed E-state index contributed by atoms with van der Waals surface area (Å²) in [5.74, 6) is -0.482. The molecule has 57 heavy (non-hydrogen) atoms. The number of nitrogens with zero attached hydrogens (tertiary/aromatic N) is 3. The van der Waals surface area contributed by atoms with E-state index in [0.717, 1.165) is 33.7 Å². The van der Waals surface area contributed by atoms with E-state index < -0.39 is 32.0 Å². The van der Waals surface area contributed by atoms with E-state index in [9.17, 15) is 19.5 Å². The molecule has 11 nitrogen and oxygen atoms in total. The summed E-state index contributed by atoms with van der Waals surface area (Å²) < 4.78 is 18.1. The van der Waals surface area contributed by atoms with E-state index in [2.05, 4.69) is 38.2 Å². The molecule has 0 bridgehead atoms. The number of aliphatic hydroxyl groups excluding tert-OH is 1. The molecule has 0 aliphatic carbocycles. The van der Waals surface area contributed by atoms with Crippen molar-refractivity contribution in [2.24, 2.45) is 5.92 Å². The van der Waals surface area contributed by atoms with Crippen molar-refractivity contribution < 1.29 is 38.5 Å². The Hall–Kier alpha value is -5.30. The molecule has 2 saturated heterocycles. The Bertz CT molecular complexity index is 2230. The molecule has 4 aromatic rings. The highest BCUT2D eigenvalue weighted by Crippen LogP contribution is 2.60. The molecule has 3 amide bonds. The fourth-order valence-electron chi connectivity index (χ4n) is 9.93. The van der Waals surface area contributed by atoms with Crippen LogP contribution < -0.4 is 19.7 Å². The van der Waals surface area contributed by atoms with Crippen molar-refractivity contribution >= 4 is 48.3 Å². The minimum atomic E-state index is -2.54. The van der Waals surface area contributed by atoms with E-state index in [1.165, 1.54) is 17.0 Å². The average molecular weight is 788 g/mol. The molecule has 4 aliphatic heterocycles. The number of rotatable bonds is 10. The standard InChI is InChI=1S/C45H49N3O8Si/c1-28-43(57(4,5)36-19-17-35(54-3)18-20-36)39(23-40(51)46-26-32-13-7-6-12-31(32)22-34(46)27-49)56-45(28)37-15-8-9-16-38(37)47(44(45)53)25-30-11-10-14-33(21-30)48-41(52)24-42(48)55-29(2)50/h6-21,28,34,39,42-43,49H,22-27H2,1-5H3/t28-,34-,39+,42?,43-,45+/m0/s1. The Labute approximate surface area is 334 Å². The third kappa shape index (κ3) is 6.53. The molecule has 1 N–H and O–H groups in total. The highest BCUT2D eigenvalue weighted by molar-refractivity contribution is 6.91. The first-order valence-corrected chi connectivity index (χ1v) is 22.7. The van der Waals surface area contributed by atoms with Crippen molar-refractivity contribution in [3.63, 3.8) is 0 Å². The number of aliphatic hydroxyl groups is 1. The van der Waals surface area contributed by atoms with Crippen LogP contribution in [0.1, 0.15) is 48.9 Å². The number of hydrogen-bond donors (Lipinski definition) is 1. The van der Waals surface area contributed by atoms with E-state index in [1.54, 1.807) is 23.0 Å². The summed E-state index contributed by atoms with van der Waals surface area (Å²) in [5, 5.41) is 11.6. The zero-order chi connectivity index (χ0) is 40.2. The van der Waals surface area contributed by atoms with Crippen molar-refractivity contribution in [2.45, 2.75) is 88.8 Å². The SMILES string of the molecule is COc1ccc([Si](C)(C)[C@@H]2[C@@H](CC(=O)N3Cc4ccccc4C[C@H]3CO)O[C@]3(C(=O)N(Cc4cccc(N5C(=O)CC5OC(C)=O)c4)c4ccccc43)[C@H]2C)cc1. The monoisotopic (exact) mass is 787 g/mol. The second kappa shape index (κ2) is 14.9. The van der Waals surface area contributed by atoms with Crippen LogP contribution in [0.25, 0.3) is 0 Å². The fraction of sp³-hybridized carbons (Fsp3) is 0.378. The lowest BCUT2D eigenvalue weighted by atomic mass is 9.82. The third-order valence-corrected chi connectivity index (χ3v) is 17.1. The normalized spacial score (nSPS) is 25.3. The number of benzene rings is 4. The van der Waals surface area contributed by atoms with E-state index in [1.807, 2.05) is 72.8 Å². The van der Waals surface area contributed by atoms with Crippen molar-refractivity contribution in [3.05, 3.63) is 119 Å². The number of para-hydroxylation sites is 1. The first kappa shape index (κ1) is 38.6. The molecule has 2 fully saturated rings.